The van der Waals surface area contributed by atoms with Gasteiger partial charge in [-0.2, -0.15) is 21.0 Å². The van der Waals surface area contributed by atoms with Gasteiger partial charge in [0.25, 0.3) is 0 Å². The summed E-state index contributed by atoms with van der Waals surface area (Å²) in [4.78, 5) is 0. The molecule has 8 heteroatoms. The Labute approximate surface area is 157 Å². The summed E-state index contributed by atoms with van der Waals surface area (Å²) in [7, 11) is -4.87. The first-order valence-electron chi connectivity index (χ1n) is 9.07. The maximum Gasteiger partial charge on any atom is 0.0897 e. The van der Waals surface area contributed by atoms with E-state index in [1.807, 2.05) is 24.3 Å². The van der Waals surface area contributed by atoms with Crippen LogP contribution in [0.2, 0.25) is 0 Å². The van der Waals surface area contributed by atoms with E-state index in [0.717, 1.165) is 25.7 Å². The molecule has 26 heavy (non-hydrogen) atoms. The maximum absolute atomic E-state index is 12.8. The zero-order valence-corrected chi connectivity index (χ0v) is 17.2. The second-order valence-corrected chi connectivity index (χ2v) is 13.4. The fourth-order valence-corrected chi connectivity index (χ4v) is 7.81. The first-order valence-corrected chi connectivity index (χ1v) is 13.6. The van der Waals surface area contributed by atoms with Crippen LogP contribution in [0.3, 0.4) is 0 Å². The number of rotatable bonds is 15. The quantitative estimate of drug-likeness (QED) is 0.286. The Morgan fingerprint density at radius 2 is 0.731 bits per heavy atom. The van der Waals surface area contributed by atoms with E-state index in [-0.39, 0.29) is 25.7 Å². The highest BCUT2D eigenvalue weighted by Crippen LogP contribution is 2.49. The van der Waals surface area contributed by atoms with Crippen molar-refractivity contribution in [2.75, 3.05) is 37.0 Å². The van der Waals surface area contributed by atoms with Gasteiger partial charge in [-0.3, -0.25) is 0 Å². The summed E-state index contributed by atoms with van der Waals surface area (Å²) in [5.74, 6) is 0. The van der Waals surface area contributed by atoms with E-state index in [9.17, 15) is 9.13 Å². The number of nitriles is 4. The van der Waals surface area contributed by atoms with Crippen LogP contribution in [-0.4, -0.2) is 37.0 Å². The van der Waals surface area contributed by atoms with Crippen molar-refractivity contribution in [2.45, 2.75) is 51.4 Å². The lowest BCUT2D eigenvalue weighted by Gasteiger charge is -2.17. The van der Waals surface area contributed by atoms with Crippen LogP contribution in [0.5, 0.6) is 0 Å². The summed E-state index contributed by atoms with van der Waals surface area (Å²) in [5.41, 5.74) is 0. The monoisotopic (exact) mass is 394 g/mol. The van der Waals surface area contributed by atoms with E-state index >= 15 is 0 Å². The molecule has 142 valence electrons. The molecule has 0 atom stereocenters. The molecule has 6 nitrogen and oxygen atoms in total. The standard InChI is InChI=1S/C18H28N4O2P2/c19-9-5-15-25(23,16-6-10-20)13-3-1-2-4-14-26(24,17-7-11-21)18-8-12-22/h1-8,13-18H2. The van der Waals surface area contributed by atoms with Crippen molar-refractivity contribution in [1.82, 2.24) is 0 Å². The van der Waals surface area contributed by atoms with Gasteiger partial charge >= 0.3 is 0 Å². The smallest absolute Gasteiger partial charge is 0.0897 e. The van der Waals surface area contributed by atoms with Crippen LogP contribution >= 0.6 is 14.3 Å². The minimum absolute atomic E-state index is 0.268. The van der Waals surface area contributed by atoms with E-state index in [0.29, 0.717) is 37.0 Å². The highest BCUT2D eigenvalue weighted by molar-refractivity contribution is 7.64. The molecule has 0 unspecified atom stereocenters. The average molecular weight is 394 g/mol. The fourth-order valence-electron chi connectivity index (χ4n) is 2.84. The molecular formula is C18H28N4O2P2. The molecule has 0 amide bonds. The maximum atomic E-state index is 12.8. The molecule has 0 N–H and O–H groups in total. The Morgan fingerprint density at radius 1 is 0.462 bits per heavy atom. The zero-order valence-electron chi connectivity index (χ0n) is 15.4. The van der Waals surface area contributed by atoms with Gasteiger partial charge in [0, 0.05) is 62.7 Å². The lowest BCUT2D eigenvalue weighted by molar-refractivity contribution is 0.565. The molecule has 0 fully saturated rings. The Kier molecular flexibility index (Phi) is 13.7. The van der Waals surface area contributed by atoms with Gasteiger partial charge in [0.1, 0.15) is 0 Å². The molecule has 0 bridgehead atoms. The number of unbranched alkanes of at least 4 members (excludes halogenated alkanes) is 3. The highest BCUT2D eigenvalue weighted by atomic mass is 31.2. The SMILES string of the molecule is N#CCCP(=O)(CCC#N)CCCCCCP(=O)(CCC#N)CCC#N. The molecule has 0 heterocycles. The van der Waals surface area contributed by atoms with Gasteiger partial charge in [-0.25, -0.2) is 0 Å². The predicted octanol–water partition coefficient (Wildman–Crippen LogP) is 4.93. The van der Waals surface area contributed by atoms with Crippen molar-refractivity contribution < 1.29 is 9.13 Å². The number of hydrogen-bond acceptors (Lipinski definition) is 6. The minimum atomic E-state index is -2.44. The summed E-state index contributed by atoms with van der Waals surface area (Å²) in [5, 5.41) is 34.8. The third-order valence-electron chi connectivity index (χ3n) is 4.41. The van der Waals surface area contributed by atoms with Crippen molar-refractivity contribution in [3.8, 4) is 24.3 Å². The van der Waals surface area contributed by atoms with Gasteiger partial charge in [0.15, 0.2) is 0 Å². The molecule has 0 spiro atoms. The second-order valence-electron chi connectivity index (χ2n) is 6.50. The van der Waals surface area contributed by atoms with Crippen LogP contribution in [0.15, 0.2) is 0 Å². The predicted molar refractivity (Wildman–Crippen MR) is 104 cm³/mol. The van der Waals surface area contributed by atoms with Crippen LogP contribution < -0.4 is 0 Å². The Bertz CT molecular complexity index is 563. The van der Waals surface area contributed by atoms with Crippen LogP contribution in [0.4, 0.5) is 0 Å². The minimum Gasteiger partial charge on any atom is -0.323 e. The van der Waals surface area contributed by atoms with Crippen LogP contribution in [0.1, 0.15) is 51.4 Å². The largest absolute Gasteiger partial charge is 0.323 e. The van der Waals surface area contributed by atoms with E-state index in [2.05, 4.69) is 0 Å². The molecule has 0 aliphatic carbocycles. The second kappa shape index (κ2) is 14.6. The molecule has 0 radical (unpaired) electrons. The molecule has 0 aromatic rings. The average Bonchev–Trinajstić information content (AvgIpc) is 2.64. The van der Waals surface area contributed by atoms with Crippen molar-refractivity contribution in [3.63, 3.8) is 0 Å². The van der Waals surface area contributed by atoms with Crippen molar-refractivity contribution in [2.24, 2.45) is 0 Å². The Hall–Kier alpha value is -1.58. The lowest BCUT2D eigenvalue weighted by Crippen LogP contribution is -2.02. The summed E-state index contributed by atoms with van der Waals surface area (Å²) in [6.07, 6.45) is 7.09. The molecule has 0 saturated carbocycles. The third-order valence-corrected chi connectivity index (χ3v) is 10.8. The third kappa shape index (κ3) is 11.9. The summed E-state index contributed by atoms with van der Waals surface area (Å²) >= 11 is 0. The van der Waals surface area contributed by atoms with E-state index in [1.54, 1.807) is 0 Å². The van der Waals surface area contributed by atoms with Crippen LogP contribution in [-0.2, 0) is 9.13 Å². The van der Waals surface area contributed by atoms with Gasteiger partial charge in [-0.15, -0.1) is 0 Å². The van der Waals surface area contributed by atoms with E-state index < -0.39 is 14.3 Å². The van der Waals surface area contributed by atoms with Crippen molar-refractivity contribution in [1.29, 1.82) is 21.0 Å². The Morgan fingerprint density at radius 3 is 0.962 bits per heavy atom. The summed E-state index contributed by atoms with van der Waals surface area (Å²) in [6.45, 7) is 0. The molecule has 0 rings (SSSR count). The first-order chi connectivity index (χ1) is 12.4. The lowest BCUT2D eigenvalue weighted by atomic mass is 10.2. The van der Waals surface area contributed by atoms with Gasteiger partial charge in [0.2, 0.25) is 0 Å². The molecule has 0 aromatic heterocycles. The molecule has 0 aliphatic heterocycles. The van der Waals surface area contributed by atoms with Gasteiger partial charge in [-0.1, -0.05) is 12.8 Å². The normalized spacial score (nSPS) is 11.1. The van der Waals surface area contributed by atoms with E-state index in [1.165, 1.54) is 0 Å². The number of nitrogens with zero attached hydrogens (tertiary/aromatic N) is 4. The summed E-state index contributed by atoms with van der Waals surface area (Å²) < 4.78 is 25.5. The van der Waals surface area contributed by atoms with Crippen molar-refractivity contribution >= 4 is 14.3 Å². The molecular weight excluding hydrogens is 366 g/mol. The van der Waals surface area contributed by atoms with Crippen molar-refractivity contribution in [3.05, 3.63) is 0 Å². The highest BCUT2D eigenvalue weighted by Gasteiger charge is 2.22. The van der Waals surface area contributed by atoms with Crippen LogP contribution in [0, 0.1) is 45.3 Å². The molecule has 0 saturated heterocycles. The zero-order chi connectivity index (χ0) is 19.7. The Balaban J connectivity index is 4.25. The first kappa shape index (κ1) is 24.4. The van der Waals surface area contributed by atoms with Gasteiger partial charge < -0.3 is 9.13 Å². The molecule has 0 aromatic carbocycles. The fraction of sp³-hybridized carbons (Fsp3) is 0.778. The number of hydrogen-bond donors (Lipinski definition) is 0. The summed E-state index contributed by atoms with van der Waals surface area (Å²) in [6, 6.07) is 8.11. The van der Waals surface area contributed by atoms with Gasteiger partial charge in [0.05, 0.1) is 38.6 Å². The van der Waals surface area contributed by atoms with Gasteiger partial charge in [-0.05, 0) is 12.8 Å². The topological polar surface area (TPSA) is 129 Å². The van der Waals surface area contributed by atoms with Crippen LogP contribution in [0.25, 0.3) is 0 Å². The van der Waals surface area contributed by atoms with E-state index in [4.69, 9.17) is 21.0 Å². The molecule has 0 aliphatic rings.